The number of fused-ring (bicyclic) bond motifs is 5. The van der Waals surface area contributed by atoms with E-state index in [1.54, 1.807) is 29.3 Å². The molecule has 5 heterocycles. The van der Waals surface area contributed by atoms with Gasteiger partial charge in [-0.15, -0.1) is 11.8 Å². The molecule has 1 atom stereocenters. The van der Waals surface area contributed by atoms with Crippen molar-refractivity contribution in [3.63, 3.8) is 0 Å². The number of carbonyl (C=O) groups excluding carboxylic acids is 1. The van der Waals surface area contributed by atoms with Crippen LogP contribution in [0.1, 0.15) is 35.6 Å². The summed E-state index contributed by atoms with van der Waals surface area (Å²) in [7, 11) is 0. The minimum absolute atomic E-state index is 0.0975. The lowest BCUT2D eigenvalue weighted by molar-refractivity contribution is -0.172. The highest BCUT2D eigenvalue weighted by molar-refractivity contribution is 7.99. The number of carbonyl (C=O) groups is 1. The summed E-state index contributed by atoms with van der Waals surface area (Å²) in [5.74, 6) is -0.230. The van der Waals surface area contributed by atoms with Crippen molar-refractivity contribution in [1.29, 1.82) is 0 Å². The molecule has 5 N–H and O–H groups in total. The first-order valence-electron chi connectivity index (χ1n) is 10.1. The monoisotopic (exact) mass is 436 g/mol. The number of hydrogen-bond acceptors (Lipinski definition) is 8. The number of aliphatic hydroxyl groups is 1. The second kappa shape index (κ2) is 5.95. The Morgan fingerprint density at radius 2 is 2.10 bits per heavy atom. The van der Waals surface area contributed by atoms with Crippen molar-refractivity contribution in [2.75, 3.05) is 5.75 Å². The van der Waals surface area contributed by atoms with E-state index < -0.39 is 17.2 Å². The van der Waals surface area contributed by atoms with Gasteiger partial charge in [0, 0.05) is 32.7 Å². The molecule has 6 rings (SSSR count). The van der Waals surface area contributed by atoms with Crippen LogP contribution in [0.2, 0.25) is 0 Å². The van der Waals surface area contributed by atoms with Crippen molar-refractivity contribution in [2.24, 2.45) is 11.5 Å². The van der Waals surface area contributed by atoms with Gasteiger partial charge in [-0.25, -0.2) is 9.78 Å². The number of nitrogens with two attached hydrogens (primary N) is 2. The smallest absolute Gasteiger partial charge is 0.343 e. The lowest BCUT2D eigenvalue weighted by Gasteiger charge is -2.33. The van der Waals surface area contributed by atoms with Gasteiger partial charge in [-0.1, -0.05) is 13.0 Å². The number of thioether (sulfide) groups is 1. The third kappa shape index (κ3) is 2.29. The summed E-state index contributed by atoms with van der Waals surface area (Å²) in [5.41, 5.74) is 14.0. The quantitative estimate of drug-likeness (QED) is 0.300. The molecular formula is C22H20N4O4S. The van der Waals surface area contributed by atoms with Gasteiger partial charge in [-0.05, 0) is 24.6 Å². The molecule has 0 radical (unpaired) electrons. The fraction of sp³-hybridized carbons (Fsp3) is 0.318. The van der Waals surface area contributed by atoms with E-state index in [4.69, 9.17) is 21.2 Å². The molecule has 0 saturated carbocycles. The molecule has 3 aromatic rings. The van der Waals surface area contributed by atoms with Crippen LogP contribution in [0.25, 0.3) is 22.3 Å². The zero-order valence-electron chi connectivity index (χ0n) is 16.8. The number of benzene rings is 1. The van der Waals surface area contributed by atoms with Crippen LogP contribution in [0.15, 0.2) is 34.0 Å². The molecule has 8 nitrogen and oxygen atoms in total. The van der Waals surface area contributed by atoms with E-state index >= 15 is 0 Å². The van der Waals surface area contributed by atoms with Crippen molar-refractivity contribution < 1.29 is 14.6 Å². The number of aromatic nitrogens is 2. The number of rotatable bonds is 1. The molecule has 158 valence electrons. The van der Waals surface area contributed by atoms with Crippen molar-refractivity contribution in [3.8, 4) is 11.4 Å². The van der Waals surface area contributed by atoms with Gasteiger partial charge in [0.1, 0.15) is 12.3 Å². The highest BCUT2D eigenvalue weighted by Crippen LogP contribution is 2.46. The fourth-order valence-electron chi connectivity index (χ4n) is 5.00. The van der Waals surface area contributed by atoms with Crippen LogP contribution >= 0.6 is 11.8 Å². The Balaban J connectivity index is 1.70. The van der Waals surface area contributed by atoms with Crippen LogP contribution in [-0.4, -0.2) is 26.4 Å². The van der Waals surface area contributed by atoms with Crippen LogP contribution in [-0.2, 0) is 33.9 Å². The Bertz CT molecular complexity index is 1400. The SMILES string of the molecule is CCC1(O)C(=O)OCc2c1cc1n(c2=O)Cc2c-1nc1cccc3c1c2C(N)(N)CS3. The molecule has 0 bridgehead atoms. The first-order valence-corrected chi connectivity index (χ1v) is 11.1. The van der Waals surface area contributed by atoms with Crippen molar-refractivity contribution in [2.45, 2.75) is 42.7 Å². The second-order valence-corrected chi connectivity index (χ2v) is 9.41. The Morgan fingerprint density at radius 1 is 1.29 bits per heavy atom. The maximum atomic E-state index is 13.4. The number of nitrogens with zero attached hydrogens (tertiary/aromatic N) is 2. The second-order valence-electron chi connectivity index (χ2n) is 8.40. The summed E-state index contributed by atoms with van der Waals surface area (Å²) in [6, 6.07) is 7.57. The van der Waals surface area contributed by atoms with Gasteiger partial charge in [0.05, 0.1) is 29.0 Å². The molecule has 0 amide bonds. The normalized spacial score (nSPS) is 22.6. The minimum atomic E-state index is -1.86. The van der Waals surface area contributed by atoms with Crippen LogP contribution < -0.4 is 17.0 Å². The molecule has 2 aromatic heterocycles. The van der Waals surface area contributed by atoms with E-state index in [1.165, 1.54) is 0 Å². The maximum absolute atomic E-state index is 13.4. The molecule has 0 fully saturated rings. The molecule has 1 unspecified atom stereocenters. The van der Waals surface area contributed by atoms with Gasteiger partial charge in [0.2, 0.25) is 0 Å². The minimum Gasteiger partial charge on any atom is -0.458 e. The zero-order chi connectivity index (χ0) is 21.7. The van der Waals surface area contributed by atoms with Gasteiger partial charge in [-0.2, -0.15) is 0 Å². The molecule has 0 spiro atoms. The molecule has 31 heavy (non-hydrogen) atoms. The highest BCUT2D eigenvalue weighted by Gasteiger charge is 2.46. The zero-order valence-corrected chi connectivity index (χ0v) is 17.6. The molecule has 3 aliphatic rings. The van der Waals surface area contributed by atoms with Crippen LogP contribution in [0.5, 0.6) is 0 Å². The highest BCUT2D eigenvalue weighted by atomic mass is 32.2. The standard InChI is InChI=1S/C22H20N4O4S/c1-2-21(29)12-6-14-18-10(7-26(14)19(27)11(12)8-30-20(21)28)17-16-13(25-18)4-3-5-15(16)31-9-22(17,23)24/h3-6,29H,2,7-9,23-24H2,1H3. The number of cyclic esters (lactones) is 1. The van der Waals surface area contributed by atoms with Gasteiger partial charge in [0.15, 0.2) is 5.60 Å². The van der Waals surface area contributed by atoms with E-state index in [0.717, 1.165) is 26.9 Å². The van der Waals surface area contributed by atoms with Crippen LogP contribution in [0.3, 0.4) is 0 Å². The van der Waals surface area contributed by atoms with Crippen molar-refractivity contribution in [1.82, 2.24) is 9.55 Å². The fourth-order valence-corrected chi connectivity index (χ4v) is 6.07. The molecule has 1 aromatic carbocycles. The van der Waals surface area contributed by atoms with E-state index in [-0.39, 0.29) is 25.1 Å². The third-order valence-corrected chi connectivity index (χ3v) is 7.88. The molecule has 0 saturated heterocycles. The molecule has 3 aliphatic heterocycles. The van der Waals surface area contributed by atoms with Gasteiger partial charge >= 0.3 is 5.97 Å². The summed E-state index contributed by atoms with van der Waals surface area (Å²) in [6.45, 7) is 1.80. The number of hydrogen-bond donors (Lipinski definition) is 3. The summed E-state index contributed by atoms with van der Waals surface area (Å²) in [4.78, 5) is 31.7. The largest absolute Gasteiger partial charge is 0.458 e. The Hall–Kier alpha value is -2.72. The summed E-state index contributed by atoms with van der Waals surface area (Å²) in [5, 5.41) is 11.9. The van der Waals surface area contributed by atoms with Gasteiger partial charge in [-0.3, -0.25) is 4.79 Å². The van der Waals surface area contributed by atoms with Crippen LogP contribution in [0, 0.1) is 0 Å². The number of pyridine rings is 2. The molecule has 0 aliphatic carbocycles. The summed E-state index contributed by atoms with van der Waals surface area (Å²) < 4.78 is 6.74. The predicted octanol–water partition coefficient (Wildman–Crippen LogP) is 1.26. The first-order chi connectivity index (χ1) is 14.8. The number of esters is 1. The van der Waals surface area contributed by atoms with E-state index in [0.29, 0.717) is 28.3 Å². The van der Waals surface area contributed by atoms with E-state index in [1.807, 2.05) is 18.2 Å². The predicted molar refractivity (Wildman–Crippen MR) is 115 cm³/mol. The lowest BCUT2D eigenvalue weighted by atomic mass is 9.86. The van der Waals surface area contributed by atoms with Crippen molar-refractivity contribution in [3.05, 3.63) is 56.9 Å². The Kier molecular flexibility index (Phi) is 3.65. The van der Waals surface area contributed by atoms with E-state index in [9.17, 15) is 14.7 Å². The first kappa shape index (κ1) is 19.0. The summed E-state index contributed by atoms with van der Waals surface area (Å²) >= 11 is 1.60. The maximum Gasteiger partial charge on any atom is 0.343 e. The van der Waals surface area contributed by atoms with Crippen LogP contribution in [0.4, 0.5) is 0 Å². The molecule has 9 heteroatoms. The summed E-state index contributed by atoms with van der Waals surface area (Å²) in [6.07, 6.45) is 0.0975. The van der Waals surface area contributed by atoms with Gasteiger partial charge in [0.25, 0.3) is 5.56 Å². The average Bonchev–Trinajstić information content (AvgIpc) is 3.11. The topological polar surface area (TPSA) is 133 Å². The lowest BCUT2D eigenvalue weighted by Crippen LogP contribution is -2.50. The Morgan fingerprint density at radius 3 is 2.87 bits per heavy atom. The van der Waals surface area contributed by atoms with Crippen molar-refractivity contribution >= 4 is 28.6 Å². The average molecular weight is 436 g/mol. The van der Waals surface area contributed by atoms with Gasteiger partial charge < -0.3 is 25.9 Å². The third-order valence-electron chi connectivity index (χ3n) is 6.61. The number of ether oxygens (including phenoxy) is 1. The molecular weight excluding hydrogens is 416 g/mol. The van der Waals surface area contributed by atoms with E-state index in [2.05, 4.69) is 0 Å². The Labute approximate surface area is 181 Å².